The van der Waals surface area contributed by atoms with Gasteiger partial charge in [-0.2, -0.15) is 0 Å². The van der Waals surface area contributed by atoms with Crippen molar-refractivity contribution in [2.75, 3.05) is 26.4 Å². The van der Waals surface area contributed by atoms with Crippen molar-refractivity contribution in [3.05, 3.63) is 0 Å². The maximum absolute atomic E-state index is 8.85. The predicted octanol–water partition coefficient (Wildman–Crippen LogP) is 1.16. The summed E-state index contributed by atoms with van der Waals surface area (Å²) in [4.78, 5) is 0. The van der Waals surface area contributed by atoms with Crippen LogP contribution >= 0.6 is 0 Å². The van der Waals surface area contributed by atoms with E-state index >= 15 is 0 Å². The van der Waals surface area contributed by atoms with E-state index in [0.29, 0.717) is 18.6 Å². The van der Waals surface area contributed by atoms with Crippen LogP contribution in [-0.4, -0.2) is 37.5 Å². The molecule has 0 amide bonds. The third-order valence-electron chi connectivity index (χ3n) is 2.84. The van der Waals surface area contributed by atoms with Crippen molar-refractivity contribution in [1.82, 2.24) is 5.32 Å². The molecular formula is C11H23NO2. The second kappa shape index (κ2) is 7.21. The van der Waals surface area contributed by atoms with E-state index < -0.39 is 0 Å². The zero-order valence-electron chi connectivity index (χ0n) is 9.17. The fourth-order valence-electron chi connectivity index (χ4n) is 1.75. The summed E-state index contributed by atoms with van der Waals surface area (Å²) in [5, 5.41) is 12.4. The van der Waals surface area contributed by atoms with Crippen LogP contribution in [0.5, 0.6) is 0 Å². The van der Waals surface area contributed by atoms with Gasteiger partial charge in [0.05, 0.1) is 0 Å². The van der Waals surface area contributed by atoms with Crippen LogP contribution in [0.2, 0.25) is 0 Å². The molecule has 3 heteroatoms. The predicted molar refractivity (Wildman–Crippen MR) is 57.3 cm³/mol. The molecule has 1 unspecified atom stereocenters. The van der Waals surface area contributed by atoms with E-state index in [9.17, 15) is 0 Å². The standard InChI is InChI=1S/C11H23NO2/c1-10(9-13)3-2-6-12-11-4-7-14-8-5-11/h10-13H,2-9H2,1H3. The molecule has 1 heterocycles. The lowest BCUT2D eigenvalue weighted by atomic mass is 10.1. The largest absolute Gasteiger partial charge is 0.396 e. The Bertz CT molecular complexity index is 135. The fraction of sp³-hybridized carbons (Fsp3) is 1.00. The highest BCUT2D eigenvalue weighted by Crippen LogP contribution is 2.07. The number of hydrogen-bond acceptors (Lipinski definition) is 3. The van der Waals surface area contributed by atoms with Crippen LogP contribution in [0.3, 0.4) is 0 Å². The van der Waals surface area contributed by atoms with Crippen LogP contribution in [-0.2, 0) is 4.74 Å². The number of ether oxygens (including phenoxy) is 1. The number of aliphatic hydroxyl groups excluding tert-OH is 1. The summed E-state index contributed by atoms with van der Waals surface area (Å²) in [6.45, 7) is 5.30. The number of rotatable bonds is 6. The van der Waals surface area contributed by atoms with Gasteiger partial charge in [0, 0.05) is 25.9 Å². The third kappa shape index (κ3) is 4.94. The first-order valence-corrected chi connectivity index (χ1v) is 5.75. The summed E-state index contributed by atoms with van der Waals surface area (Å²) in [6, 6.07) is 0.660. The van der Waals surface area contributed by atoms with E-state index in [1.54, 1.807) is 0 Å². The van der Waals surface area contributed by atoms with Gasteiger partial charge in [0.1, 0.15) is 0 Å². The van der Waals surface area contributed by atoms with Crippen molar-refractivity contribution in [2.24, 2.45) is 5.92 Å². The Morgan fingerprint density at radius 2 is 2.14 bits per heavy atom. The molecule has 0 spiro atoms. The van der Waals surface area contributed by atoms with Crippen LogP contribution in [0.25, 0.3) is 0 Å². The van der Waals surface area contributed by atoms with Crippen molar-refractivity contribution in [2.45, 2.75) is 38.6 Å². The summed E-state index contributed by atoms with van der Waals surface area (Å²) in [7, 11) is 0. The Hall–Kier alpha value is -0.120. The first-order valence-electron chi connectivity index (χ1n) is 5.75. The molecule has 1 rings (SSSR count). The summed E-state index contributed by atoms with van der Waals surface area (Å²) < 4.78 is 5.29. The van der Waals surface area contributed by atoms with E-state index in [1.165, 1.54) is 6.42 Å². The summed E-state index contributed by atoms with van der Waals surface area (Å²) in [6.07, 6.45) is 4.58. The van der Waals surface area contributed by atoms with Crippen molar-refractivity contribution >= 4 is 0 Å². The number of hydrogen-bond donors (Lipinski definition) is 2. The SMILES string of the molecule is CC(CO)CCCNC1CCOCC1. The lowest BCUT2D eigenvalue weighted by Crippen LogP contribution is -2.35. The van der Waals surface area contributed by atoms with E-state index in [4.69, 9.17) is 9.84 Å². The molecule has 1 aliphatic rings. The molecule has 84 valence electrons. The monoisotopic (exact) mass is 201 g/mol. The lowest BCUT2D eigenvalue weighted by molar-refractivity contribution is 0.0778. The van der Waals surface area contributed by atoms with E-state index in [0.717, 1.165) is 39.0 Å². The minimum Gasteiger partial charge on any atom is -0.396 e. The maximum atomic E-state index is 8.85. The molecule has 0 radical (unpaired) electrons. The molecule has 0 aliphatic carbocycles. The van der Waals surface area contributed by atoms with E-state index in [-0.39, 0.29) is 0 Å². The quantitative estimate of drug-likeness (QED) is 0.634. The zero-order chi connectivity index (χ0) is 10.2. The van der Waals surface area contributed by atoms with Gasteiger partial charge in [0.2, 0.25) is 0 Å². The zero-order valence-corrected chi connectivity index (χ0v) is 9.17. The van der Waals surface area contributed by atoms with Crippen molar-refractivity contribution < 1.29 is 9.84 Å². The van der Waals surface area contributed by atoms with Gasteiger partial charge in [-0.3, -0.25) is 0 Å². The molecule has 0 aromatic rings. The topological polar surface area (TPSA) is 41.5 Å². The molecular weight excluding hydrogens is 178 g/mol. The third-order valence-corrected chi connectivity index (χ3v) is 2.84. The lowest BCUT2D eigenvalue weighted by Gasteiger charge is -2.23. The van der Waals surface area contributed by atoms with Gasteiger partial charge in [-0.1, -0.05) is 6.92 Å². The minimum atomic E-state index is 0.317. The molecule has 2 N–H and O–H groups in total. The highest BCUT2D eigenvalue weighted by molar-refractivity contribution is 4.69. The first kappa shape index (κ1) is 12.0. The van der Waals surface area contributed by atoms with Crippen LogP contribution in [0, 0.1) is 5.92 Å². The highest BCUT2D eigenvalue weighted by atomic mass is 16.5. The number of nitrogens with one attached hydrogen (secondary N) is 1. The maximum Gasteiger partial charge on any atom is 0.0480 e. The second-order valence-electron chi connectivity index (χ2n) is 4.27. The van der Waals surface area contributed by atoms with Crippen LogP contribution in [0.4, 0.5) is 0 Å². The van der Waals surface area contributed by atoms with Gasteiger partial charge in [-0.15, -0.1) is 0 Å². The number of aliphatic hydroxyl groups is 1. The van der Waals surface area contributed by atoms with Gasteiger partial charge in [-0.25, -0.2) is 0 Å². The van der Waals surface area contributed by atoms with Crippen LogP contribution in [0.15, 0.2) is 0 Å². The molecule has 0 bridgehead atoms. The summed E-state index contributed by atoms with van der Waals surface area (Å²) >= 11 is 0. The molecule has 3 nitrogen and oxygen atoms in total. The fourth-order valence-corrected chi connectivity index (χ4v) is 1.75. The first-order chi connectivity index (χ1) is 6.83. The average molecular weight is 201 g/mol. The Morgan fingerprint density at radius 1 is 1.43 bits per heavy atom. The Kier molecular flexibility index (Phi) is 6.15. The molecule has 0 aromatic heterocycles. The molecule has 1 aliphatic heterocycles. The van der Waals surface area contributed by atoms with Gasteiger partial charge in [0.25, 0.3) is 0 Å². The Labute approximate surface area is 86.8 Å². The van der Waals surface area contributed by atoms with Crippen LogP contribution < -0.4 is 5.32 Å². The van der Waals surface area contributed by atoms with Crippen LogP contribution in [0.1, 0.15) is 32.6 Å². The molecule has 1 fully saturated rings. The van der Waals surface area contributed by atoms with Gasteiger partial charge in [0.15, 0.2) is 0 Å². The van der Waals surface area contributed by atoms with Crippen molar-refractivity contribution in [3.8, 4) is 0 Å². The van der Waals surface area contributed by atoms with E-state index in [1.807, 2.05) is 0 Å². The molecule has 0 aromatic carbocycles. The molecule has 1 saturated heterocycles. The normalized spacial score (nSPS) is 21.0. The van der Waals surface area contributed by atoms with Gasteiger partial charge in [-0.05, 0) is 38.1 Å². The van der Waals surface area contributed by atoms with E-state index in [2.05, 4.69) is 12.2 Å². The molecule has 0 saturated carbocycles. The Balaban J connectivity index is 1.92. The average Bonchev–Trinajstić information content (AvgIpc) is 2.25. The van der Waals surface area contributed by atoms with Gasteiger partial charge < -0.3 is 15.2 Å². The molecule has 14 heavy (non-hydrogen) atoms. The summed E-state index contributed by atoms with van der Waals surface area (Å²) in [5.74, 6) is 0.450. The summed E-state index contributed by atoms with van der Waals surface area (Å²) in [5.41, 5.74) is 0. The van der Waals surface area contributed by atoms with Gasteiger partial charge >= 0.3 is 0 Å². The van der Waals surface area contributed by atoms with Crippen molar-refractivity contribution in [1.29, 1.82) is 0 Å². The van der Waals surface area contributed by atoms with Crippen molar-refractivity contribution in [3.63, 3.8) is 0 Å². The Morgan fingerprint density at radius 3 is 2.79 bits per heavy atom. The second-order valence-corrected chi connectivity index (χ2v) is 4.27. The molecule has 1 atom stereocenters. The highest BCUT2D eigenvalue weighted by Gasteiger charge is 2.12. The minimum absolute atomic E-state index is 0.317. The smallest absolute Gasteiger partial charge is 0.0480 e.